The minimum Gasteiger partial charge on any atom is -0.462 e. The Labute approximate surface area is 120 Å². The Balaban J connectivity index is 2.31. The highest BCUT2D eigenvalue weighted by molar-refractivity contribution is 5.93. The highest BCUT2D eigenvalue weighted by Crippen LogP contribution is 2.15. The molecule has 0 aliphatic carbocycles. The number of hydrogen-bond acceptors (Lipinski definition) is 6. The Kier molecular flexibility index (Phi) is 4.36. The van der Waals surface area contributed by atoms with Gasteiger partial charge in [0.25, 0.3) is 0 Å². The van der Waals surface area contributed by atoms with Crippen molar-refractivity contribution < 1.29 is 13.9 Å². The van der Waals surface area contributed by atoms with Crippen LogP contribution in [0.3, 0.4) is 0 Å². The van der Waals surface area contributed by atoms with E-state index < -0.39 is 11.6 Å². The van der Waals surface area contributed by atoms with Crippen molar-refractivity contribution in [2.75, 3.05) is 11.9 Å². The quantitative estimate of drug-likeness (QED) is 0.400. The van der Waals surface area contributed by atoms with Crippen molar-refractivity contribution in [1.29, 1.82) is 5.26 Å². The summed E-state index contributed by atoms with van der Waals surface area (Å²) in [4.78, 5) is 23.2. The molecule has 0 atom stereocenters. The van der Waals surface area contributed by atoms with Crippen molar-refractivity contribution in [3.63, 3.8) is 0 Å². The second kappa shape index (κ2) is 6.39. The molecule has 2 aromatic rings. The summed E-state index contributed by atoms with van der Waals surface area (Å²) in [6.07, 6.45) is 1.12. The predicted molar refractivity (Wildman–Crippen MR) is 76.4 cm³/mol. The van der Waals surface area contributed by atoms with E-state index in [9.17, 15) is 9.59 Å². The van der Waals surface area contributed by atoms with Gasteiger partial charge < -0.3 is 14.5 Å². The topological polar surface area (TPSA) is 92.3 Å². The van der Waals surface area contributed by atoms with Crippen LogP contribution in [-0.2, 0) is 9.53 Å². The number of benzene rings is 1. The molecule has 0 spiro atoms. The van der Waals surface area contributed by atoms with E-state index in [0.717, 1.165) is 11.6 Å². The van der Waals surface area contributed by atoms with Gasteiger partial charge in [-0.3, -0.25) is 0 Å². The van der Waals surface area contributed by atoms with Gasteiger partial charge in [-0.1, -0.05) is 18.2 Å². The second-order valence-corrected chi connectivity index (χ2v) is 4.02. The normalized spacial score (nSPS) is 11.0. The van der Waals surface area contributed by atoms with E-state index in [1.54, 1.807) is 43.3 Å². The molecule has 0 unspecified atom stereocenters. The molecule has 2 rings (SSSR count). The van der Waals surface area contributed by atoms with Crippen molar-refractivity contribution >= 4 is 22.6 Å². The Bertz CT molecular complexity index is 799. The number of nitriles is 1. The van der Waals surface area contributed by atoms with Crippen LogP contribution in [-0.4, -0.2) is 12.6 Å². The molecule has 0 aliphatic rings. The van der Waals surface area contributed by atoms with Gasteiger partial charge in [-0.05, 0) is 19.1 Å². The molecule has 0 amide bonds. The van der Waals surface area contributed by atoms with Crippen LogP contribution < -0.4 is 10.9 Å². The molecule has 0 bridgehead atoms. The van der Waals surface area contributed by atoms with Crippen LogP contribution in [0, 0.1) is 11.3 Å². The molecule has 1 aromatic heterocycles. The van der Waals surface area contributed by atoms with E-state index in [0.29, 0.717) is 5.58 Å². The van der Waals surface area contributed by atoms with Crippen molar-refractivity contribution in [2.45, 2.75) is 6.92 Å². The van der Waals surface area contributed by atoms with E-state index >= 15 is 0 Å². The number of rotatable bonds is 4. The van der Waals surface area contributed by atoms with Gasteiger partial charge >= 0.3 is 11.6 Å². The average molecular weight is 284 g/mol. The number of carbonyl (C=O) groups is 1. The maximum Gasteiger partial charge on any atom is 0.360 e. The third-order valence-corrected chi connectivity index (χ3v) is 2.63. The van der Waals surface area contributed by atoms with Gasteiger partial charge in [0.15, 0.2) is 5.57 Å². The Morgan fingerprint density at radius 3 is 2.95 bits per heavy atom. The predicted octanol–water partition coefficient (Wildman–Crippen LogP) is 2.18. The third-order valence-electron chi connectivity index (χ3n) is 2.63. The monoisotopic (exact) mass is 284 g/mol. The van der Waals surface area contributed by atoms with Crippen LogP contribution in [0.1, 0.15) is 6.92 Å². The van der Waals surface area contributed by atoms with Crippen molar-refractivity contribution in [1.82, 2.24) is 0 Å². The van der Waals surface area contributed by atoms with Gasteiger partial charge in [-0.15, -0.1) is 0 Å². The third kappa shape index (κ3) is 3.28. The lowest BCUT2D eigenvalue weighted by Gasteiger charge is -2.03. The number of ether oxygens (including phenoxy) is 1. The van der Waals surface area contributed by atoms with Gasteiger partial charge in [0.05, 0.1) is 6.61 Å². The summed E-state index contributed by atoms with van der Waals surface area (Å²) in [6, 6.07) is 10.3. The highest BCUT2D eigenvalue weighted by atomic mass is 16.5. The highest BCUT2D eigenvalue weighted by Gasteiger charge is 2.10. The zero-order chi connectivity index (χ0) is 15.2. The van der Waals surface area contributed by atoms with E-state index in [1.165, 1.54) is 0 Å². The Morgan fingerprint density at radius 2 is 2.24 bits per heavy atom. The summed E-state index contributed by atoms with van der Waals surface area (Å²) < 4.78 is 9.83. The number of nitrogens with zero attached hydrogens (tertiary/aromatic N) is 1. The second-order valence-electron chi connectivity index (χ2n) is 4.02. The van der Waals surface area contributed by atoms with Crippen LogP contribution in [0.25, 0.3) is 11.0 Å². The lowest BCUT2D eigenvalue weighted by Crippen LogP contribution is -2.10. The largest absolute Gasteiger partial charge is 0.462 e. The first kappa shape index (κ1) is 14.3. The molecule has 0 saturated carbocycles. The summed E-state index contributed by atoms with van der Waals surface area (Å²) >= 11 is 0. The zero-order valence-corrected chi connectivity index (χ0v) is 11.3. The summed E-state index contributed by atoms with van der Waals surface area (Å²) in [7, 11) is 0. The maximum atomic E-state index is 11.8. The van der Waals surface area contributed by atoms with E-state index in [1.807, 2.05) is 0 Å². The fraction of sp³-hybridized carbons (Fsp3) is 0.133. The van der Waals surface area contributed by atoms with Gasteiger partial charge in [-0.2, -0.15) is 5.26 Å². The standard InChI is InChI=1S/C15H12N2O4/c1-2-20-14(18)11(8-16)9-17-12-7-10-5-3-4-6-13(10)21-15(12)19/h3-7,9,17H,2H2,1H3/b11-9-. The van der Waals surface area contributed by atoms with E-state index in [4.69, 9.17) is 14.4 Å². The number of nitrogens with one attached hydrogen (secondary N) is 1. The molecule has 1 aromatic carbocycles. The number of fused-ring (bicyclic) bond motifs is 1. The molecule has 0 aliphatic heterocycles. The summed E-state index contributed by atoms with van der Waals surface area (Å²) in [5, 5.41) is 12.2. The van der Waals surface area contributed by atoms with Crippen LogP contribution in [0.15, 0.2) is 51.3 Å². The minimum absolute atomic E-state index is 0.130. The molecule has 6 nitrogen and oxygen atoms in total. The van der Waals surface area contributed by atoms with Crippen molar-refractivity contribution in [3.05, 3.63) is 52.5 Å². The Hall–Kier alpha value is -3.07. The van der Waals surface area contributed by atoms with Crippen LogP contribution in [0.4, 0.5) is 5.69 Å². The fourth-order valence-electron chi connectivity index (χ4n) is 1.66. The molecular formula is C15H12N2O4. The van der Waals surface area contributed by atoms with Gasteiger partial charge in [0.1, 0.15) is 17.3 Å². The van der Waals surface area contributed by atoms with Crippen molar-refractivity contribution in [3.8, 4) is 6.07 Å². The summed E-state index contributed by atoms with van der Waals surface area (Å²) in [5.74, 6) is -0.752. The number of para-hydroxylation sites is 1. The first-order valence-electron chi connectivity index (χ1n) is 6.22. The summed E-state index contributed by atoms with van der Waals surface area (Å²) in [5.41, 5.74) is -0.232. The Morgan fingerprint density at radius 1 is 1.48 bits per heavy atom. The van der Waals surface area contributed by atoms with Crippen LogP contribution >= 0.6 is 0 Å². The number of hydrogen-bond donors (Lipinski definition) is 1. The van der Waals surface area contributed by atoms with Crippen LogP contribution in [0.2, 0.25) is 0 Å². The van der Waals surface area contributed by atoms with Crippen molar-refractivity contribution in [2.24, 2.45) is 0 Å². The first-order chi connectivity index (χ1) is 10.2. The van der Waals surface area contributed by atoms with E-state index in [-0.39, 0.29) is 17.9 Å². The molecular weight excluding hydrogens is 272 g/mol. The van der Waals surface area contributed by atoms with Gasteiger partial charge in [0.2, 0.25) is 0 Å². The molecule has 0 saturated heterocycles. The van der Waals surface area contributed by atoms with Gasteiger partial charge in [0, 0.05) is 11.6 Å². The summed E-state index contributed by atoms with van der Waals surface area (Å²) in [6.45, 7) is 1.80. The molecule has 106 valence electrons. The van der Waals surface area contributed by atoms with E-state index in [2.05, 4.69) is 5.32 Å². The number of esters is 1. The smallest absolute Gasteiger partial charge is 0.360 e. The SMILES string of the molecule is CCOC(=O)/C(C#N)=C\Nc1cc2ccccc2oc1=O. The molecule has 21 heavy (non-hydrogen) atoms. The average Bonchev–Trinajstić information content (AvgIpc) is 2.48. The van der Waals surface area contributed by atoms with Gasteiger partial charge in [-0.25, -0.2) is 9.59 Å². The van der Waals surface area contributed by atoms with Crippen LogP contribution in [0.5, 0.6) is 0 Å². The zero-order valence-electron chi connectivity index (χ0n) is 11.3. The maximum absolute atomic E-state index is 11.8. The molecule has 1 N–H and O–H groups in total. The first-order valence-corrected chi connectivity index (χ1v) is 6.22. The molecule has 0 radical (unpaired) electrons. The lowest BCUT2D eigenvalue weighted by atomic mass is 10.2. The lowest BCUT2D eigenvalue weighted by molar-refractivity contribution is -0.138. The molecule has 6 heteroatoms. The number of carbonyl (C=O) groups excluding carboxylic acids is 1. The number of anilines is 1. The molecule has 1 heterocycles. The minimum atomic E-state index is -0.752. The fourth-order valence-corrected chi connectivity index (χ4v) is 1.66. The molecule has 0 fully saturated rings.